The van der Waals surface area contributed by atoms with Crippen molar-refractivity contribution in [1.29, 1.82) is 5.26 Å². The molecule has 1 aliphatic carbocycles. The predicted molar refractivity (Wildman–Crippen MR) is 80.5 cm³/mol. The quantitative estimate of drug-likeness (QED) is 0.909. The van der Waals surface area contributed by atoms with Crippen molar-refractivity contribution in [2.75, 3.05) is 5.32 Å². The first kappa shape index (κ1) is 13.7. The number of anilines is 1. The van der Waals surface area contributed by atoms with Gasteiger partial charge in [0, 0.05) is 17.5 Å². The highest BCUT2D eigenvalue weighted by Gasteiger charge is 2.24. The molecule has 0 radical (unpaired) electrons. The normalized spacial score (nSPS) is 13.7. The van der Waals surface area contributed by atoms with Crippen LogP contribution in [0.5, 0.6) is 0 Å². The number of aromatic amines is 1. The third-order valence-electron chi connectivity index (χ3n) is 3.26. The van der Waals surface area contributed by atoms with Crippen LogP contribution in [-0.2, 0) is 6.42 Å². The molecular formula is C15H13ClN4O. The van der Waals surface area contributed by atoms with Crippen molar-refractivity contribution in [2.24, 2.45) is 0 Å². The topological polar surface area (TPSA) is 81.6 Å². The molecule has 106 valence electrons. The van der Waals surface area contributed by atoms with Crippen LogP contribution in [0.25, 0.3) is 0 Å². The Balaban J connectivity index is 1.93. The van der Waals surface area contributed by atoms with Crippen molar-refractivity contribution in [3.63, 3.8) is 0 Å². The molecule has 1 saturated carbocycles. The van der Waals surface area contributed by atoms with Crippen LogP contribution in [0.2, 0.25) is 5.02 Å². The highest BCUT2D eigenvalue weighted by Crippen LogP contribution is 2.24. The second-order valence-electron chi connectivity index (χ2n) is 5.07. The van der Waals surface area contributed by atoms with E-state index in [4.69, 9.17) is 16.9 Å². The smallest absolute Gasteiger partial charge is 0.271 e. The van der Waals surface area contributed by atoms with Gasteiger partial charge >= 0.3 is 0 Å². The maximum Gasteiger partial charge on any atom is 0.271 e. The molecule has 21 heavy (non-hydrogen) atoms. The summed E-state index contributed by atoms with van der Waals surface area (Å²) in [6.07, 6.45) is 2.55. The SMILES string of the molecule is N#Cc1c(NC2CC2)nc(Cc2cccc(Cl)c2)[nH]c1=O. The summed E-state index contributed by atoms with van der Waals surface area (Å²) in [5, 5.41) is 12.9. The van der Waals surface area contributed by atoms with Gasteiger partial charge in [-0.15, -0.1) is 0 Å². The zero-order valence-corrected chi connectivity index (χ0v) is 11.9. The molecule has 1 aromatic heterocycles. The summed E-state index contributed by atoms with van der Waals surface area (Å²) in [5.74, 6) is 0.894. The molecule has 0 bridgehead atoms. The van der Waals surface area contributed by atoms with E-state index in [2.05, 4.69) is 15.3 Å². The number of benzene rings is 1. The lowest BCUT2D eigenvalue weighted by Gasteiger charge is -2.08. The van der Waals surface area contributed by atoms with Crippen LogP contribution in [-0.4, -0.2) is 16.0 Å². The fraction of sp³-hybridized carbons (Fsp3) is 0.267. The summed E-state index contributed by atoms with van der Waals surface area (Å²) in [6.45, 7) is 0. The predicted octanol–water partition coefficient (Wildman–Crippen LogP) is 2.46. The molecule has 0 unspecified atom stereocenters. The van der Waals surface area contributed by atoms with Gasteiger partial charge in [0.05, 0.1) is 0 Å². The molecule has 1 aliphatic rings. The van der Waals surface area contributed by atoms with Crippen molar-refractivity contribution in [3.05, 3.63) is 56.6 Å². The van der Waals surface area contributed by atoms with Gasteiger partial charge in [-0.25, -0.2) is 4.98 Å². The second kappa shape index (κ2) is 5.58. The molecule has 6 heteroatoms. The Morgan fingerprint density at radius 3 is 2.95 bits per heavy atom. The molecule has 1 heterocycles. The summed E-state index contributed by atoms with van der Waals surface area (Å²) in [5.41, 5.74) is 0.581. The van der Waals surface area contributed by atoms with E-state index >= 15 is 0 Å². The van der Waals surface area contributed by atoms with Crippen LogP contribution < -0.4 is 10.9 Å². The van der Waals surface area contributed by atoms with Crippen molar-refractivity contribution in [3.8, 4) is 6.07 Å². The van der Waals surface area contributed by atoms with Gasteiger partial charge < -0.3 is 10.3 Å². The van der Waals surface area contributed by atoms with E-state index in [0.717, 1.165) is 18.4 Å². The number of aromatic nitrogens is 2. The lowest BCUT2D eigenvalue weighted by atomic mass is 10.1. The molecule has 2 aromatic rings. The molecule has 1 fully saturated rings. The number of nitriles is 1. The number of halogens is 1. The monoisotopic (exact) mass is 300 g/mol. The molecule has 2 N–H and O–H groups in total. The summed E-state index contributed by atoms with van der Waals surface area (Å²) in [6, 6.07) is 9.62. The fourth-order valence-corrected chi connectivity index (χ4v) is 2.29. The first-order valence-corrected chi connectivity index (χ1v) is 7.08. The largest absolute Gasteiger partial charge is 0.366 e. The Morgan fingerprint density at radius 2 is 2.29 bits per heavy atom. The maximum atomic E-state index is 12.0. The number of nitrogens with zero attached hydrogens (tertiary/aromatic N) is 2. The molecule has 0 spiro atoms. The standard InChI is InChI=1S/C15H13ClN4O/c16-10-3-1-2-9(6-10)7-13-19-14(18-11-4-5-11)12(8-17)15(21)20-13/h1-3,6,11H,4-5,7H2,(H2,18,19,20,21). The van der Waals surface area contributed by atoms with Gasteiger partial charge in [-0.1, -0.05) is 23.7 Å². The van der Waals surface area contributed by atoms with Crippen molar-refractivity contribution in [1.82, 2.24) is 9.97 Å². The van der Waals surface area contributed by atoms with Crippen LogP contribution in [0.1, 0.15) is 29.8 Å². The van der Waals surface area contributed by atoms with Gasteiger partial charge in [0.15, 0.2) is 11.4 Å². The Labute approximate surface area is 126 Å². The van der Waals surface area contributed by atoms with Gasteiger partial charge in [-0.05, 0) is 30.5 Å². The van der Waals surface area contributed by atoms with Gasteiger partial charge in [0.1, 0.15) is 11.9 Å². The summed E-state index contributed by atoms with van der Waals surface area (Å²) >= 11 is 5.95. The van der Waals surface area contributed by atoms with Crippen LogP contribution in [0.15, 0.2) is 29.1 Å². The van der Waals surface area contributed by atoms with Crippen LogP contribution in [0.3, 0.4) is 0 Å². The van der Waals surface area contributed by atoms with E-state index in [1.807, 2.05) is 24.3 Å². The first-order chi connectivity index (χ1) is 10.2. The van der Waals surface area contributed by atoms with E-state index in [9.17, 15) is 4.79 Å². The number of hydrogen-bond acceptors (Lipinski definition) is 4. The average Bonchev–Trinajstić information content (AvgIpc) is 3.22. The number of hydrogen-bond donors (Lipinski definition) is 2. The molecule has 0 aliphatic heterocycles. The van der Waals surface area contributed by atoms with Crippen molar-refractivity contribution >= 4 is 17.4 Å². The molecule has 1 aromatic carbocycles. The van der Waals surface area contributed by atoms with Crippen molar-refractivity contribution < 1.29 is 0 Å². The van der Waals surface area contributed by atoms with Gasteiger partial charge in [0.25, 0.3) is 5.56 Å². The maximum absolute atomic E-state index is 12.0. The lowest BCUT2D eigenvalue weighted by Crippen LogP contribution is -2.19. The zero-order chi connectivity index (χ0) is 14.8. The van der Waals surface area contributed by atoms with Crippen molar-refractivity contribution in [2.45, 2.75) is 25.3 Å². The van der Waals surface area contributed by atoms with Crippen LogP contribution in [0, 0.1) is 11.3 Å². The lowest BCUT2D eigenvalue weighted by molar-refractivity contribution is 0.931. The zero-order valence-electron chi connectivity index (χ0n) is 11.2. The summed E-state index contributed by atoms with van der Waals surface area (Å²) in [4.78, 5) is 19.0. The minimum Gasteiger partial charge on any atom is -0.366 e. The summed E-state index contributed by atoms with van der Waals surface area (Å²) < 4.78 is 0. The Hall–Kier alpha value is -2.32. The highest BCUT2D eigenvalue weighted by atomic mass is 35.5. The number of rotatable bonds is 4. The van der Waals surface area contributed by atoms with E-state index in [0.29, 0.717) is 29.1 Å². The first-order valence-electron chi connectivity index (χ1n) is 6.70. The van der Waals surface area contributed by atoms with Gasteiger partial charge in [0.2, 0.25) is 0 Å². The van der Waals surface area contributed by atoms with Crippen LogP contribution in [0.4, 0.5) is 5.82 Å². The molecular weight excluding hydrogens is 288 g/mol. The van der Waals surface area contributed by atoms with E-state index < -0.39 is 5.56 Å². The Bertz CT molecular complexity index is 774. The number of nitrogens with one attached hydrogen (secondary N) is 2. The minimum atomic E-state index is -0.410. The van der Waals surface area contributed by atoms with E-state index in [1.165, 1.54) is 0 Å². The summed E-state index contributed by atoms with van der Waals surface area (Å²) in [7, 11) is 0. The second-order valence-corrected chi connectivity index (χ2v) is 5.51. The molecule has 0 atom stereocenters. The molecule has 3 rings (SSSR count). The van der Waals surface area contributed by atoms with Gasteiger partial charge in [-0.2, -0.15) is 5.26 Å². The number of H-pyrrole nitrogens is 1. The van der Waals surface area contributed by atoms with E-state index in [-0.39, 0.29) is 5.56 Å². The Morgan fingerprint density at radius 1 is 1.48 bits per heavy atom. The Kier molecular flexibility index (Phi) is 3.63. The van der Waals surface area contributed by atoms with Crippen LogP contribution >= 0.6 is 11.6 Å². The fourth-order valence-electron chi connectivity index (χ4n) is 2.07. The molecule has 0 saturated heterocycles. The average molecular weight is 301 g/mol. The third-order valence-corrected chi connectivity index (χ3v) is 3.49. The van der Waals surface area contributed by atoms with E-state index in [1.54, 1.807) is 6.07 Å². The highest BCUT2D eigenvalue weighted by molar-refractivity contribution is 6.30. The van der Waals surface area contributed by atoms with Gasteiger partial charge in [-0.3, -0.25) is 4.79 Å². The third kappa shape index (κ3) is 3.23. The molecule has 5 nitrogen and oxygen atoms in total. The molecule has 0 amide bonds. The minimum absolute atomic E-state index is 0.0387.